The fourth-order valence-corrected chi connectivity index (χ4v) is 5.32. The van der Waals surface area contributed by atoms with Crippen molar-refractivity contribution in [3.63, 3.8) is 0 Å². The average Bonchev–Trinajstić information content (AvgIpc) is 3.37. The van der Waals surface area contributed by atoms with Crippen molar-refractivity contribution in [3.05, 3.63) is 29.5 Å². The molecule has 2 heterocycles. The number of nitrogens with zero attached hydrogens (tertiary/aromatic N) is 2. The van der Waals surface area contributed by atoms with Gasteiger partial charge in [-0.3, -0.25) is 4.21 Å². The molecule has 27 heavy (non-hydrogen) atoms. The molecule has 1 aliphatic rings. The average molecular weight is 409 g/mol. The minimum Gasteiger partial charge on any atom is -0.443 e. The first kappa shape index (κ1) is 20.1. The first-order chi connectivity index (χ1) is 13.2. The summed E-state index contributed by atoms with van der Waals surface area (Å²) in [6.07, 6.45) is 5.88. The maximum atomic E-state index is 12.2. The quantitative estimate of drug-likeness (QED) is 0.541. The van der Waals surface area contributed by atoms with Gasteiger partial charge in [-0.25, -0.2) is 9.98 Å². The molecular formula is C19H28N4O2S2. The van der Waals surface area contributed by atoms with E-state index in [0.717, 1.165) is 54.5 Å². The van der Waals surface area contributed by atoms with E-state index >= 15 is 0 Å². The molecule has 0 aromatic carbocycles. The molecule has 6 nitrogen and oxygen atoms in total. The van der Waals surface area contributed by atoms with Crippen molar-refractivity contribution in [2.75, 3.05) is 12.3 Å². The lowest BCUT2D eigenvalue weighted by Crippen LogP contribution is -2.46. The van der Waals surface area contributed by atoms with Crippen LogP contribution in [0, 0.1) is 0 Å². The topological polar surface area (TPSA) is 79.5 Å². The minimum absolute atomic E-state index is 0.299. The zero-order chi connectivity index (χ0) is 19.1. The summed E-state index contributed by atoms with van der Waals surface area (Å²) < 4.78 is 17.7. The number of hydrogen-bond acceptors (Lipinski definition) is 5. The minimum atomic E-state index is -0.720. The Morgan fingerprint density at radius 2 is 2.33 bits per heavy atom. The third kappa shape index (κ3) is 5.65. The molecule has 0 aliphatic heterocycles. The van der Waals surface area contributed by atoms with Crippen LogP contribution in [0.1, 0.15) is 45.2 Å². The lowest BCUT2D eigenvalue weighted by molar-refractivity contribution is 0.413. The molecule has 3 atom stereocenters. The Morgan fingerprint density at radius 1 is 1.44 bits per heavy atom. The van der Waals surface area contributed by atoms with Gasteiger partial charge < -0.3 is 15.1 Å². The lowest BCUT2D eigenvalue weighted by Gasteiger charge is -2.30. The summed E-state index contributed by atoms with van der Waals surface area (Å²) in [7, 11) is -0.720. The molecule has 2 N–H and O–H groups in total. The Kier molecular flexibility index (Phi) is 7.46. The Labute approximate surface area is 167 Å². The van der Waals surface area contributed by atoms with E-state index in [1.807, 2.05) is 24.4 Å². The summed E-state index contributed by atoms with van der Waals surface area (Å²) in [5, 5.41) is 9.12. The smallest absolute Gasteiger partial charge is 0.236 e. The molecule has 2 aromatic heterocycles. The van der Waals surface area contributed by atoms with Crippen LogP contribution in [-0.4, -0.2) is 38.7 Å². The first-order valence-electron chi connectivity index (χ1n) is 9.59. The van der Waals surface area contributed by atoms with Crippen LogP contribution in [0.5, 0.6) is 0 Å². The molecule has 3 rings (SSSR count). The van der Waals surface area contributed by atoms with Gasteiger partial charge in [0.2, 0.25) is 5.89 Å². The SMILES string of the molecule is CCNC(=NCc1coc(-c2cccs2)n1)NC1CCCC(S(=O)CC)C1. The highest BCUT2D eigenvalue weighted by molar-refractivity contribution is 7.85. The van der Waals surface area contributed by atoms with Crippen molar-refractivity contribution in [1.29, 1.82) is 0 Å². The Hall–Kier alpha value is -1.67. The van der Waals surface area contributed by atoms with E-state index in [1.165, 1.54) is 0 Å². The largest absolute Gasteiger partial charge is 0.443 e. The molecule has 3 unspecified atom stereocenters. The second kappa shape index (κ2) is 10.0. The van der Waals surface area contributed by atoms with Gasteiger partial charge in [0.05, 0.1) is 11.4 Å². The zero-order valence-electron chi connectivity index (χ0n) is 15.9. The maximum absolute atomic E-state index is 12.2. The first-order valence-corrected chi connectivity index (χ1v) is 11.9. The molecule has 2 aromatic rings. The van der Waals surface area contributed by atoms with Crippen LogP contribution in [-0.2, 0) is 17.3 Å². The van der Waals surface area contributed by atoms with Crippen LogP contribution < -0.4 is 10.6 Å². The van der Waals surface area contributed by atoms with E-state index in [9.17, 15) is 4.21 Å². The van der Waals surface area contributed by atoms with Crippen LogP contribution in [0.4, 0.5) is 0 Å². The summed E-state index contributed by atoms with van der Waals surface area (Å²) >= 11 is 1.61. The van der Waals surface area contributed by atoms with Crippen molar-refractivity contribution in [2.24, 2.45) is 4.99 Å². The van der Waals surface area contributed by atoms with Gasteiger partial charge in [-0.15, -0.1) is 11.3 Å². The number of nitrogens with one attached hydrogen (secondary N) is 2. The molecule has 8 heteroatoms. The zero-order valence-corrected chi connectivity index (χ0v) is 17.6. The third-order valence-corrected chi connectivity index (χ3v) is 7.25. The van der Waals surface area contributed by atoms with Gasteiger partial charge >= 0.3 is 0 Å². The predicted molar refractivity (Wildman–Crippen MR) is 112 cm³/mol. The second-order valence-corrected chi connectivity index (χ2v) is 9.57. The molecule has 0 radical (unpaired) electrons. The van der Waals surface area contributed by atoms with Crippen LogP contribution in [0.2, 0.25) is 0 Å². The van der Waals surface area contributed by atoms with Crippen molar-refractivity contribution in [1.82, 2.24) is 15.6 Å². The van der Waals surface area contributed by atoms with Crippen molar-refractivity contribution >= 4 is 28.1 Å². The van der Waals surface area contributed by atoms with Gasteiger partial charge in [0, 0.05) is 34.4 Å². The third-order valence-electron chi connectivity index (χ3n) is 4.65. The lowest BCUT2D eigenvalue weighted by atomic mass is 9.95. The molecule has 0 saturated heterocycles. The Morgan fingerprint density at radius 3 is 3.07 bits per heavy atom. The van der Waals surface area contributed by atoms with Gasteiger partial charge in [-0.05, 0) is 37.6 Å². The Bertz CT molecular complexity index is 758. The number of guanidine groups is 1. The molecular weight excluding hydrogens is 380 g/mol. The fourth-order valence-electron chi connectivity index (χ4n) is 3.32. The van der Waals surface area contributed by atoms with Crippen molar-refractivity contribution in [2.45, 2.75) is 57.4 Å². The van der Waals surface area contributed by atoms with E-state index in [-0.39, 0.29) is 0 Å². The highest BCUT2D eigenvalue weighted by Crippen LogP contribution is 2.24. The van der Waals surface area contributed by atoms with Gasteiger partial charge in [0.25, 0.3) is 0 Å². The summed E-state index contributed by atoms with van der Waals surface area (Å²) in [5.41, 5.74) is 0.809. The van der Waals surface area contributed by atoms with Crippen molar-refractivity contribution in [3.8, 4) is 10.8 Å². The summed E-state index contributed by atoms with van der Waals surface area (Å²) in [6, 6.07) is 4.30. The molecule has 0 amide bonds. The number of thiophene rings is 1. The molecule has 1 aliphatic carbocycles. The monoisotopic (exact) mass is 408 g/mol. The number of rotatable bonds is 7. The second-order valence-electron chi connectivity index (χ2n) is 6.62. The van der Waals surface area contributed by atoms with Gasteiger partial charge in [-0.1, -0.05) is 19.4 Å². The van der Waals surface area contributed by atoms with Crippen molar-refractivity contribution < 1.29 is 8.63 Å². The number of aliphatic imine (C=N–C) groups is 1. The van der Waals surface area contributed by atoms with Gasteiger partial charge in [0.1, 0.15) is 12.0 Å². The summed E-state index contributed by atoms with van der Waals surface area (Å²) in [5.74, 6) is 2.17. The van der Waals surface area contributed by atoms with Crippen LogP contribution in [0.3, 0.4) is 0 Å². The van der Waals surface area contributed by atoms with Gasteiger partial charge in [-0.2, -0.15) is 0 Å². The molecule has 0 bridgehead atoms. The molecule has 0 spiro atoms. The van der Waals surface area contributed by atoms with E-state index in [4.69, 9.17) is 4.42 Å². The summed E-state index contributed by atoms with van der Waals surface area (Å²) in [6.45, 7) is 5.31. The van der Waals surface area contributed by atoms with Crippen LogP contribution in [0.25, 0.3) is 10.8 Å². The standard InChI is InChI=1S/C19H28N4O2S2/c1-3-20-19(23-14-7-5-8-16(11-14)27(24)4-2)21-12-15-13-25-18(22-15)17-9-6-10-26-17/h6,9-10,13-14,16H,3-5,7-8,11-12H2,1-2H3,(H2,20,21,23). The van der Waals surface area contributed by atoms with Crippen LogP contribution >= 0.6 is 11.3 Å². The van der Waals surface area contributed by atoms with Gasteiger partial charge in [0.15, 0.2) is 5.96 Å². The molecule has 1 saturated carbocycles. The van der Waals surface area contributed by atoms with E-state index in [1.54, 1.807) is 17.6 Å². The van der Waals surface area contributed by atoms with E-state index in [0.29, 0.717) is 23.7 Å². The maximum Gasteiger partial charge on any atom is 0.236 e. The number of aromatic nitrogens is 1. The molecule has 1 fully saturated rings. The Balaban J connectivity index is 1.60. The van der Waals surface area contributed by atoms with Crippen LogP contribution in [0.15, 0.2) is 33.2 Å². The predicted octanol–water partition coefficient (Wildman–Crippen LogP) is 3.54. The van der Waals surface area contributed by atoms with E-state index < -0.39 is 10.8 Å². The summed E-state index contributed by atoms with van der Waals surface area (Å²) in [4.78, 5) is 10.2. The fraction of sp³-hybridized carbons (Fsp3) is 0.579. The number of oxazole rings is 1. The number of hydrogen-bond donors (Lipinski definition) is 2. The molecule has 148 valence electrons. The normalized spacial score (nSPS) is 21.8. The highest BCUT2D eigenvalue weighted by atomic mass is 32.2. The van der Waals surface area contributed by atoms with E-state index in [2.05, 4.69) is 27.5 Å². The highest BCUT2D eigenvalue weighted by Gasteiger charge is 2.26.